The van der Waals surface area contributed by atoms with Gasteiger partial charge in [-0.3, -0.25) is 0 Å². The first-order chi connectivity index (χ1) is 6.67. The molecule has 0 fully saturated rings. The number of furan rings is 1. The van der Waals surface area contributed by atoms with Crippen molar-refractivity contribution in [1.29, 1.82) is 0 Å². The Labute approximate surface area is 85.7 Å². The van der Waals surface area contributed by atoms with E-state index in [-0.39, 0.29) is 6.04 Å². The van der Waals surface area contributed by atoms with Crippen molar-refractivity contribution < 1.29 is 4.42 Å². The van der Waals surface area contributed by atoms with Crippen LogP contribution in [0.3, 0.4) is 0 Å². The van der Waals surface area contributed by atoms with Crippen molar-refractivity contribution in [3.8, 4) is 0 Å². The summed E-state index contributed by atoms with van der Waals surface area (Å²) in [6, 6.07) is 4.30. The number of nitrogens with one attached hydrogen (secondary N) is 1. The first-order valence-electron chi connectivity index (χ1n) is 5.11. The standard InChI is InChI=1S/C11H20N2O/c1-8(7-12)6-10(13-3)11-5-4-9(2)14-11/h4-5,8,10,13H,6-7,12H2,1-3H3. The molecule has 0 spiro atoms. The van der Waals surface area contributed by atoms with Crippen molar-refractivity contribution in [3.63, 3.8) is 0 Å². The number of rotatable bonds is 5. The van der Waals surface area contributed by atoms with E-state index in [4.69, 9.17) is 10.2 Å². The van der Waals surface area contributed by atoms with Gasteiger partial charge in [0.05, 0.1) is 6.04 Å². The van der Waals surface area contributed by atoms with E-state index in [0.29, 0.717) is 5.92 Å². The summed E-state index contributed by atoms with van der Waals surface area (Å²) in [4.78, 5) is 0. The minimum Gasteiger partial charge on any atom is -0.465 e. The van der Waals surface area contributed by atoms with Crippen molar-refractivity contribution in [2.45, 2.75) is 26.3 Å². The maximum absolute atomic E-state index is 5.60. The zero-order valence-corrected chi connectivity index (χ0v) is 9.21. The van der Waals surface area contributed by atoms with Gasteiger partial charge in [-0.25, -0.2) is 0 Å². The second kappa shape index (κ2) is 5.17. The lowest BCUT2D eigenvalue weighted by molar-refractivity contribution is 0.362. The Morgan fingerprint density at radius 3 is 2.64 bits per heavy atom. The van der Waals surface area contributed by atoms with Crippen LogP contribution in [0, 0.1) is 12.8 Å². The molecule has 0 aliphatic carbocycles. The molecule has 3 heteroatoms. The lowest BCUT2D eigenvalue weighted by atomic mass is 10.0. The molecule has 0 aliphatic heterocycles. The molecule has 0 aromatic carbocycles. The zero-order chi connectivity index (χ0) is 10.6. The normalized spacial score (nSPS) is 15.4. The first-order valence-corrected chi connectivity index (χ1v) is 5.11. The van der Waals surface area contributed by atoms with Gasteiger partial charge in [-0.2, -0.15) is 0 Å². The van der Waals surface area contributed by atoms with E-state index in [9.17, 15) is 0 Å². The van der Waals surface area contributed by atoms with Gasteiger partial charge in [0.2, 0.25) is 0 Å². The molecule has 0 saturated carbocycles. The van der Waals surface area contributed by atoms with Crippen molar-refractivity contribution in [3.05, 3.63) is 23.7 Å². The Kier molecular flexibility index (Phi) is 4.17. The summed E-state index contributed by atoms with van der Waals surface area (Å²) in [5.74, 6) is 2.48. The molecule has 14 heavy (non-hydrogen) atoms. The molecule has 1 aromatic heterocycles. The molecule has 2 atom stereocenters. The van der Waals surface area contributed by atoms with Crippen LogP contribution in [0.4, 0.5) is 0 Å². The summed E-state index contributed by atoms with van der Waals surface area (Å²) in [7, 11) is 1.95. The first kappa shape index (κ1) is 11.3. The predicted octanol–water partition coefficient (Wildman–Crippen LogP) is 1.83. The topological polar surface area (TPSA) is 51.2 Å². The lowest BCUT2D eigenvalue weighted by Gasteiger charge is -2.17. The van der Waals surface area contributed by atoms with Crippen LogP contribution in [0.5, 0.6) is 0 Å². The van der Waals surface area contributed by atoms with E-state index in [1.54, 1.807) is 0 Å². The smallest absolute Gasteiger partial charge is 0.121 e. The van der Waals surface area contributed by atoms with Crippen LogP contribution in [0.2, 0.25) is 0 Å². The van der Waals surface area contributed by atoms with Crippen LogP contribution < -0.4 is 11.1 Å². The van der Waals surface area contributed by atoms with Gasteiger partial charge in [-0.05, 0) is 45.0 Å². The monoisotopic (exact) mass is 196 g/mol. The van der Waals surface area contributed by atoms with Gasteiger partial charge in [-0.15, -0.1) is 0 Å². The fourth-order valence-electron chi connectivity index (χ4n) is 1.52. The molecule has 1 aromatic rings. The largest absolute Gasteiger partial charge is 0.465 e. The van der Waals surface area contributed by atoms with Crippen LogP contribution >= 0.6 is 0 Å². The summed E-state index contributed by atoms with van der Waals surface area (Å²) >= 11 is 0. The Balaban J connectivity index is 2.62. The van der Waals surface area contributed by atoms with Crippen molar-refractivity contribution in [2.24, 2.45) is 11.7 Å². The number of nitrogens with two attached hydrogens (primary N) is 1. The number of hydrogen-bond donors (Lipinski definition) is 2. The SMILES string of the molecule is CNC(CC(C)CN)c1ccc(C)o1. The van der Waals surface area contributed by atoms with E-state index in [1.807, 2.05) is 26.1 Å². The van der Waals surface area contributed by atoms with Gasteiger partial charge in [0, 0.05) is 0 Å². The molecule has 80 valence electrons. The highest BCUT2D eigenvalue weighted by molar-refractivity contribution is 5.09. The van der Waals surface area contributed by atoms with Crippen molar-refractivity contribution in [2.75, 3.05) is 13.6 Å². The van der Waals surface area contributed by atoms with Crippen molar-refractivity contribution in [1.82, 2.24) is 5.32 Å². The van der Waals surface area contributed by atoms with E-state index in [0.717, 1.165) is 24.5 Å². The summed E-state index contributed by atoms with van der Waals surface area (Å²) < 4.78 is 5.58. The third kappa shape index (κ3) is 2.86. The highest BCUT2D eigenvalue weighted by atomic mass is 16.3. The molecule has 1 rings (SSSR count). The minimum atomic E-state index is 0.280. The zero-order valence-electron chi connectivity index (χ0n) is 9.21. The Hall–Kier alpha value is -0.800. The number of aryl methyl sites for hydroxylation is 1. The second-order valence-corrected chi connectivity index (χ2v) is 3.87. The summed E-state index contributed by atoms with van der Waals surface area (Å²) in [6.07, 6.45) is 1.01. The molecule has 0 bridgehead atoms. The molecule has 0 amide bonds. The quantitative estimate of drug-likeness (QED) is 0.755. The summed E-state index contributed by atoms with van der Waals surface area (Å²) in [5, 5.41) is 3.25. The highest BCUT2D eigenvalue weighted by Gasteiger charge is 2.15. The third-order valence-corrected chi connectivity index (χ3v) is 2.49. The van der Waals surface area contributed by atoms with Crippen LogP contribution in [-0.2, 0) is 0 Å². The summed E-state index contributed by atoms with van der Waals surface area (Å²) in [6.45, 7) is 4.83. The summed E-state index contributed by atoms with van der Waals surface area (Å²) in [5.41, 5.74) is 5.60. The molecule has 0 aliphatic rings. The molecule has 2 unspecified atom stereocenters. The van der Waals surface area contributed by atoms with E-state index in [2.05, 4.69) is 12.2 Å². The third-order valence-electron chi connectivity index (χ3n) is 2.49. The molecular formula is C11H20N2O. The molecular weight excluding hydrogens is 176 g/mol. The van der Waals surface area contributed by atoms with Gasteiger partial charge in [0.15, 0.2) is 0 Å². The maximum Gasteiger partial charge on any atom is 0.121 e. The van der Waals surface area contributed by atoms with Crippen LogP contribution in [0.25, 0.3) is 0 Å². The van der Waals surface area contributed by atoms with Gasteiger partial charge in [-0.1, -0.05) is 6.92 Å². The molecule has 1 heterocycles. The van der Waals surface area contributed by atoms with Gasteiger partial charge in [0.1, 0.15) is 11.5 Å². The molecule has 3 N–H and O–H groups in total. The second-order valence-electron chi connectivity index (χ2n) is 3.87. The van der Waals surface area contributed by atoms with Crippen LogP contribution in [0.1, 0.15) is 30.9 Å². The Morgan fingerprint density at radius 2 is 2.21 bits per heavy atom. The Morgan fingerprint density at radius 1 is 1.50 bits per heavy atom. The van der Waals surface area contributed by atoms with E-state index < -0.39 is 0 Å². The van der Waals surface area contributed by atoms with E-state index in [1.165, 1.54) is 0 Å². The fraction of sp³-hybridized carbons (Fsp3) is 0.636. The lowest BCUT2D eigenvalue weighted by Crippen LogP contribution is -2.22. The fourth-order valence-corrected chi connectivity index (χ4v) is 1.52. The predicted molar refractivity (Wildman–Crippen MR) is 58.1 cm³/mol. The molecule has 0 saturated heterocycles. The van der Waals surface area contributed by atoms with Gasteiger partial charge in [0.25, 0.3) is 0 Å². The maximum atomic E-state index is 5.60. The average molecular weight is 196 g/mol. The average Bonchev–Trinajstić information content (AvgIpc) is 2.60. The van der Waals surface area contributed by atoms with E-state index >= 15 is 0 Å². The minimum absolute atomic E-state index is 0.280. The van der Waals surface area contributed by atoms with Crippen molar-refractivity contribution >= 4 is 0 Å². The van der Waals surface area contributed by atoms with Gasteiger partial charge >= 0.3 is 0 Å². The Bertz CT molecular complexity index is 270. The van der Waals surface area contributed by atoms with Gasteiger partial charge < -0.3 is 15.5 Å². The van der Waals surface area contributed by atoms with Crippen LogP contribution in [-0.4, -0.2) is 13.6 Å². The molecule has 0 radical (unpaired) electrons. The number of hydrogen-bond acceptors (Lipinski definition) is 3. The molecule has 3 nitrogen and oxygen atoms in total. The van der Waals surface area contributed by atoms with Crippen LogP contribution in [0.15, 0.2) is 16.5 Å². The highest BCUT2D eigenvalue weighted by Crippen LogP contribution is 2.22.